The fourth-order valence-electron chi connectivity index (χ4n) is 4.16. The zero-order valence-electron chi connectivity index (χ0n) is 16.1. The highest BCUT2D eigenvalue weighted by Gasteiger charge is 2.34. The summed E-state index contributed by atoms with van der Waals surface area (Å²) in [6.45, 7) is 3.84. The van der Waals surface area contributed by atoms with Crippen molar-refractivity contribution >= 4 is 5.91 Å². The summed E-state index contributed by atoms with van der Waals surface area (Å²) < 4.78 is 7.52. The molecule has 27 heavy (non-hydrogen) atoms. The predicted molar refractivity (Wildman–Crippen MR) is 97.9 cm³/mol. The van der Waals surface area contributed by atoms with Crippen LogP contribution in [0, 0.1) is 0 Å². The largest absolute Gasteiger partial charge is 0.339 e. The Kier molecular flexibility index (Phi) is 5.50. The van der Waals surface area contributed by atoms with Crippen molar-refractivity contribution in [3.63, 3.8) is 0 Å². The second-order valence-electron chi connectivity index (χ2n) is 7.54. The van der Waals surface area contributed by atoms with Gasteiger partial charge in [-0.15, -0.1) is 10.2 Å². The summed E-state index contributed by atoms with van der Waals surface area (Å²) in [5.74, 6) is 3.47. The first-order valence-electron chi connectivity index (χ1n) is 10.3. The monoisotopic (exact) mass is 372 g/mol. The highest BCUT2D eigenvalue weighted by molar-refractivity contribution is 5.77. The Morgan fingerprint density at radius 3 is 2.96 bits per heavy atom. The third-order valence-corrected chi connectivity index (χ3v) is 5.55. The van der Waals surface area contributed by atoms with E-state index < -0.39 is 0 Å². The van der Waals surface area contributed by atoms with E-state index in [0.717, 1.165) is 69.1 Å². The molecule has 0 bridgehead atoms. The molecule has 8 heteroatoms. The van der Waals surface area contributed by atoms with Crippen LogP contribution in [-0.4, -0.2) is 42.3 Å². The Morgan fingerprint density at radius 2 is 2.07 bits per heavy atom. The molecule has 0 saturated carbocycles. The van der Waals surface area contributed by atoms with Crippen molar-refractivity contribution in [1.82, 2.24) is 29.8 Å². The number of aryl methyl sites for hydroxylation is 3. The molecule has 2 aliphatic rings. The molecule has 1 fully saturated rings. The van der Waals surface area contributed by atoms with E-state index in [1.807, 2.05) is 4.90 Å². The Morgan fingerprint density at radius 1 is 1.15 bits per heavy atom. The van der Waals surface area contributed by atoms with Crippen LogP contribution < -0.4 is 0 Å². The summed E-state index contributed by atoms with van der Waals surface area (Å²) in [4.78, 5) is 19.2. The van der Waals surface area contributed by atoms with Crippen molar-refractivity contribution < 1.29 is 9.32 Å². The molecular weight excluding hydrogens is 344 g/mol. The maximum absolute atomic E-state index is 12.9. The molecular formula is C19H28N6O2. The zero-order valence-corrected chi connectivity index (χ0v) is 16.1. The summed E-state index contributed by atoms with van der Waals surface area (Å²) in [5, 5.41) is 12.8. The van der Waals surface area contributed by atoms with Crippen molar-refractivity contribution in [2.75, 3.05) is 6.54 Å². The van der Waals surface area contributed by atoms with Crippen LogP contribution in [0.3, 0.4) is 0 Å². The molecule has 0 N–H and O–H groups in total. The molecule has 1 unspecified atom stereocenters. The summed E-state index contributed by atoms with van der Waals surface area (Å²) in [5.41, 5.74) is 0. The third-order valence-electron chi connectivity index (χ3n) is 5.55. The van der Waals surface area contributed by atoms with E-state index in [-0.39, 0.29) is 11.9 Å². The standard InChI is InChI=1S/C19H28N6O2/c1-2-7-15-20-17(27-23-15)10-11-18(26)24-13-6-8-14(24)19-22-21-16-9-4-3-5-12-25(16)19/h14H,2-13H2,1H3. The summed E-state index contributed by atoms with van der Waals surface area (Å²) in [6.07, 6.45) is 9.23. The van der Waals surface area contributed by atoms with Crippen LogP contribution in [-0.2, 0) is 30.6 Å². The number of nitrogens with zero attached hydrogens (tertiary/aromatic N) is 6. The number of aromatic nitrogens is 5. The maximum atomic E-state index is 12.9. The SMILES string of the molecule is CCCc1noc(CCC(=O)N2CCCC2c2nnc3n2CCCCC3)n1. The van der Waals surface area contributed by atoms with E-state index in [2.05, 4.69) is 31.8 Å². The highest BCUT2D eigenvalue weighted by atomic mass is 16.5. The minimum Gasteiger partial charge on any atom is -0.339 e. The topological polar surface area (TPSA) is 89.9 Å². The number of carbonyl (C=O) groups is 1. The van der Waals surface area contributed by atoms with Gasteiger partial charge < -0.3 is 14.0 Å². The number of hydrogen-bond donors (Lipinski definition) is 0. The molecule has 2 aliphatic heterocycles. The molecule has 2 aromatic heterocycles. The van der Waals surface area contributed by atoms with E-state index in [1.54, 1.807) is 0 Å². The number of hydrogen-bond acceptors (Lipinski definition) is 6. The van der Waals surface area contributed by atoms with Gasteiger partial charge in [-0.2, -0.15) is 4.98 Å². The molecule has 4 rings (SSSR count). The van der Waals surface area contributed by atoms with Gasteiger partial charge in [-0.25, -0.2) is 0 Å². The molecule has 8 nitrogen and oxygen atoms in total. The van der Waals surface area contributed by atoms with Crippen LogP contribution in [0.1, 0.15) is 81.3 Å². The maximum Gasteiger partial charge on any atom is 0.227 e. The second kappa shape index (κ2) is 8.19. The second-order valence-corrected chi connectivity index (χ2v) is 7.54. The Bertz CT molecular complexity index is 783. The van der Waals surface area contributed by atoms with E-state index >= 15 is 0 Å². The smallest absolute Gasteiger partial charge is 0.227 e. The third kappa shape index (κ3) is 3.89. The van der Waals surface area contributed by atoms with Crippen LogP contribution in [0.15, 0.2) is 4.52 Å². The first-order valence-corrected chi connectivity index (χ1v) is 10.3. The van der Waals surface area contributed by atoms with Gasteiger partial charge in [0, 0.05) is 38.8 Å². The van der Waals surface area contributed by atoms with Crippen LogP contribution in [0.25, 0.3) is 0 Å². The van der Waals surface area contributed by atoms with E-state index in [4.69, 9.17) is 4.52 Å². The Labute approximate surface area is 159 Å². The quantitative estimate of drug-likeness (QED) is 0.774. The Balaban J connectivity index is 1.42. The minimum absolute atomic E-state index is 0.0511. The van der Waals surface area contributed by atoms with Crippen LogP contribution >= 0.6 is 0 Å². The van der Waals surface area contributed by atoms with Crippen LogP contribution in [0.5, 0.6) is 0 Å². The lowest BCUT2D eigenvalue weighted by molar-refractivity contribution is -0.132. The van der Waals surface area contributed by atoms with Gasteiger partial charge in [0.25, 0.3) is 0 Å². The van der Waals surface area contributed by atoms with Gasteiger partial charge in [0.1, 0.15) is 5.82 Å². The normalized spacial score (nSPS) is 19.9. The van der Waals surface area contributed by atoms with Crippen molar-refractivity contribution in [3.05, 3.63) is 23.4 Å². The molecule has 2 aromatic rings. The van der Waals surface area contributed by atoms with Crippen molar-refractivity contribution in [2.24, 2.45) is 0 Å². The van der Waals surface area contributed by atoms with E-state index in [9.17, 15) is 4.79 Å². The van der Waals surface area contributed by atoms with E-state index in [0.29, 0.717) is 18.7 Å². The molecule has 4 heterocycles. The summed E-state index contributed by atoms with van der Waals surface area (Å²) in [7, 11) is 0. The van der Waals surface area contributed by atoms with Gasteiger partial charge in [-0.1, -0.05) is 18.5 Å². The zero-order chi connectivity index (χ0) is 18.6. The van der Waals surface area contributed by atoms with E-state index in [1.165, 1.54) is 12.8 Å². The van der Waals surface area contributed by atoms with Gasteiger partial charge in [0.05, 0.1) is 6.04 Å². The number of rotatable bonds is 6. The molecule has 1 saturated heterocycles. The van der Waals surface area contributed by atoms with Crippen LogP contribution in [0.4, 0.5) is 0 Å². The first kappa shape index (κ1) is 18.1. The molecule has 0 radical (unpaired) electrons. The highest BCUT2D eigenvalue weighted by Crippen LogP contribution is 2.32. The lowest BCUT2D eigenvalue weighted by Gasteiger charge is -2.24. The minimum atomic E-state index is 0.0511. The van der Waals surface area contributed by atoms with Crippen molar-refractivity contribution in [3.8, 4) is 0 Å². The predicted octanol–water partition coefficient (Wildman–Crippen LogP) is 2.64. The average Bonchev–Trinajstić information content (AvgIpc) is 3.37. The lowest BCUT2D eigenvalue weighted by Crippen LogP contribution is -2.32. The fraction of sp³-hybridized carbons (Fsp3) is 0.737. The van der Waals surface area contributed by atoms with Gasteiger partial charge >= 0.3 is 0 Å². The Hall–Kier alpha value is -2.25. The molecule has 1 atom stereocenters. The van der Waals surface area contributed by atoms with Crippen molar-refractivity contribution in [1.29, 1.82) is 0 Å². The number of fused-ring (bicyclic) bond motifs is 1. The lowest BCUT2D eigenvalue weighted by atomic mass is 10.2. The van der Waals surface area contributed by atoms with Crippen molar-refractivity contribution in [2.45, 2.75) is 83.7 Å². The number of likely N-dealkylation sites (tertiary alicyclic amines) is 1. The molecule has 0 aliphatic carbocycles. The molecule has 0 spiro atoms. The molecule has 1 amide bonds. The fourth-order valence-corrected chi connectivity index (χ4v) is 4.16. The van der Waals surface area contributed by atoms with Gasteiger partial charge in [0.2, 0.25) is 11.8 Å². The number of amides is 1. The summed E-state index contributed by atoms with van der Waals surface area (Å²) in [6, 6.07) is 0.0511. The first-order chi connectivity index (χ1) is 13.3. The molecule has 146 valence electrons. The van der Waals surface area contributed by atoms with Gasteiger partial charge in [0.15, 0.2) is 11.6 Å². The summed E-state index contributed by atoms with van der Waals surface area (Å²) >= 11 is 0. The molecule has 0 aromatic carbocycles. The van der Waals surface area contributed by atoms with Crippen LogP contribution in [0.2, 0.25) is 0 Å². The number of carbonyl (C=O) groups excluding carboxylic acids is 1. The average molecular weight is 372 g/mol. The van der Waals surface area contributed by atoms with Gasteiger partial charge in [-0.3, -0.25) is 4.79 Å². The van der Waals surface area contributed by atoms with Gasteiger partial charge in [-0.05, 0) is 32.1 Å².